The molecule has 0 aromatic carbocycles. The predicted octanol–water partition coefficient (Wildman–Crippen LogP) is 1.45. The van der Waals surface area contributed by atoms with E-state index in [0.717, 1.165) is 19.4 Å². The van der Waals surface area contributed by atoms with Crippen LogP contribution in [0.15, 0.2) is 23.1 Å². The van der Waals surface area contributed by atoms with E-state index in [1.165, 1.54) is 5.56 Å². The van der Waals surface area contributed by atoms with Crippen LogP contribution in [-0.4, -0.2) is 18.3 Å². The van der Waals surface area contributed by atoms with Crippen LogP contribution in [0.4, 0.5) is 0 Å². The topological polar surface area (TPSA) is 31.2 Å². The number of hydrogen-bond donors (Lipinski definition) is 0. The third-order valence-corrected chi connectivity index (χ3v) is 2.20. The van der Waals surface area contributed by atoms with Crippen LogP contribution in [0.1, 0.15) is 18.9 Å². The van der Waals surface area contributed by atoms with E-state index in [1.807, 2.05) is 12.3 Å². The highest BCUT2D eigenvalue weighted by molar-refractivity contribution is 5.09. The quantitative estimate of drug-likeness (QED) is 0.666. The van der Waals surface area contributed by atoms with E-state index in [1.54, 1.807) is 17.7 Å². The van der Waals surface area contributed by atoms with Crippen molar-refractivity contribution in [1.29, 1.82) is 0 Å². The lowest BCUT2D eigenvalue weighted by Gasteiger charge is -2.06. The van der Waals surface area contributed by atoms with E-state index in [-0.39, 0.29) is 5.56 Å². The highest BCUT2D eigenvalue weighted by atomic mass is 16.5. The van der Waals surface area contributed by atoms with Gasteiger partial charge in [-0.15, -0.1) is 0 Å². The van der Waals surface area contributed by atoms with Gasteiger partial charge in [0.05, 0.1) is 0 Å². The summed E-state index contributed by atoms with van der Waals surface area (Å²) in [5.41, 5.74) is 1.26. The summed E-state index contributed by atoms with van der Waals surface area (Å²) in [7, 11) is 1.67. The van der Waals surface area contributed by atoms with Gasteiger partial charge in [-0.25, -0.2) is 0 Å². The molecule has 1 aromatic heterocycles. The molecule has 0 radical (unpaired) electrons. The summed E-state index contributed by atoms with van der Waals surface area (Å²) in [4.78, 5) is 11.4. The molecule has 1 aromatic rings. The van der Waals surface area contributed by atoms with Crippen molar-refractivity contribution in [1.82, 2.24) is 4.57 Å². The molecule has 0 saturated heterocycles. The van der Waals surface area contributed by atoms with E-state index in [9.17, 15) is 4.79 Å². The molecule has 0 aliphatic rings. The van der Waals surface area contributed by atoms with Crippen molar-refractivity contribution in [3.05, 3.63) is 34.2 Å². The van der Waals surface area contributed by atoms with Gasteiger partial charge in [0, 0.05) is 32.5 Å². The van der Waals surface area contributed by atoms with Crippen LogP contribution < -0.4 is 5.56 Å². The van der Waals surface area contributed by atoms with Crippen molar-refractivity contribution in [2.24, 2.45) is 0 Å². The number of nitrogens with zero attached hydrogens (tertiary/aromatic N) is 1. The zero-order valence-corrected chi connectivity index (χ0v) is 8.82. The van der Waals surface area contributed by atoms with E-state index in [4.69, 9.17) is 4.74 Å². The molecular formula is C11H17NO2. The molecule has 0 aliphatic heterocycles. The van der Waals surface area contributed by atoms with Crippen LogP contribution >= 0.6 is 0 Å². The van der Waals surface area contributed by atoms with Crippen LogP contribution in [0.3, 0.4) is 0 Å². The van der Waals surface area contributed by atoms with E-state index in [0.29, 0.717) is 6.61 Å². The first-order chi connectivity index (χ1) is 6.77. The van der Waals surface area contributed by atoms with Gasteiger partial charge in [-0.3, -0.25) is 4.79 Å². The summed E-state index contributed by atoms with van der Waals surface area (Å²) in [6.07, 6.45) is 3.77. The molecule has 78 valence electrons. The minimum atomic E-state index is 0.0679. The average molecular weight is 195 g/mol. The number of rotatable bonds is 5. The monoisotopic (exact) mass is 195 g/mol. The van der Waals surface area contributed by atoms with Crippen molar-refractivity contribution in [3.63, 3.8) is 0 Å². The Morgan fingerprint density at radius 3 is 2.86 bits per heavy atom. The highest BCUT2D eigenvalue weighted by Crippen LogP contribution is 1.97. The lowest BCUT2D eigenvalue weighted by Crippen LogP contribution is -2.19. The summed E-state index contributed by atoms with van der Waals surface area (Å²) >= 11 is 0. The molecule has 0 bridgehead atoms. The molecule has 3 heteroatoms. The Kier molecular flexibility index (Phi) is 4.40. The normalized spacial score (nSPS) is 10.4. The van der Waals surface area contributed by atoms with Crippen LogP contribution in [0.5, 0.6) is 0 Å². The smallest absolute Gasteiger partial charge is 0.250 e. The lowest BCUT2D eigenvalue weighted by molar-refractivity contribution is 0.190. The molecule has 1 rings (SSSR count). The number of aryl methyl sites for hydroxylation is 2. The number of pyridine rings is 1. The first kappa shape index (κ1) is 11.0. The maximum atomic E-state index is 11.4. The summed E-state index contributed by atoms with van der Waals surface area (Å²) in [6, 6.07) is 3.51. The van der Waals surface area contributed by atoms with Crippen molar-refractivity contribution in [2.45, 2.75) is 26.3 Å². The Labute approximate surface area is 84.3 Å². The largest absolute Gasteiger partial charge is 0.385 e. The zero-order chi connectivity index (χ0) is 10.4. The lowest BCUT2D eigenvalue weighted by atomic mass is 10.2. The Morgan fingerprint density at radius 2 is 2.21 bits per heavy atom. The maximum absolute atomic E-state index is 11.4. The molecule has 0 atom stereocenters. The van der Waals surface area contributed by atoms with Gasteiger partial charge in [-0.05, 0) is 18.4 Å². The standard InChI is InChI=1S/C11H17NO2/c1-3-10-5-6-11(13)12(9-10)7-4-8-14-2/h5-6,9H,3-4,7-8H2,1-2H3. The van der Waals surface area contributed by atoms with Crippen molar-refractivity contribution in [2.75, 3.05) is 13.7 Å². The first-order valence-electron chi connectivity index (χ1n) is 4.96. The summed E-state index contributed by atoms with van der Waals surface area (Å²) in [5, 5.41) is 0. The van der Waals surface area contributed by atoms with Crippen LogP contribution in [-0.2, 0) is 17.7 Å². The molecule has 0 aliphatic carbocycles. The minimum Gasteiger partial charge on any atom is -0.385 e. The van der Waals surface area contributed by atoms with Gasteiger partial charge in [0.25, 0.3) is 5.56 Å². The van der Waals surface area contributed by atoms with Crippen LogP contribution in [0.2, 0.25) is 0 Å². The fourth-order valence-electron chi connectivity index (χ4n) is 1.34. The van der Waals surface area contributed by atoms with Crippen molar-refractivity contribution < 1.29 is 4.74 Å². The molecule has 0 amide bonds. The number of methoxy groups -OCH3 is 1. The summed E-state index contributed by atoms with van der Waals surface area (Å²) in [6.45, 7) is 3.52. The molecule has 14 heavy (non-hydrogen) atoms. The van der Waals surface area contributed by atoms with Gasteiger partial charge < -0.3 is 9.30 Å². The molecule has 0 N–H and O–H groups in total. The molecule has 3 nitrogen and oxygen atoms in total. The Morgan fingerprint density at radius 1 is 1.43 bits per heavy atom. The molecular weight excluding hydrogens is 178 g/mol. The Hall–Kier alpha value is -1.09. The Balaban J connectivity index is 2.69. The van der Waals surface area contributed by atoms with Crippen molar-refractivity contribution in [3.8, 4) is 0 Å². The fourth-order valence-corrected chi connectivity index (χ4v) is 1.34. The fraction of sp³-hybridized carbons (Fsp3) is 0.545. The molecule has 0 saturated carbocycles. The molecule has 0 unspecified atom stereocenters. The highest BCUT2D eigenvalue weighted by Gasteiger charge is 1.96. The van der Waals surface area contributed by atoms with Crippen molar-refractivity contribution >= 4 is 0 Å². The number of hydrogen-bond acceptors (Lipinski definition) is 2. The zero-order valence-electron chi connectivity index (χ0n) is 8.82. The summed E-state index contributed by atoms with van der Waals surface area (Å²) in [5.74, 6) is 0. The summed E-state index contributed by atoms with van der Waals surface area (Å²) < 4.78 is 6.69. The van der Waals surface area contributed by atoms with Gasteiger partial charge in [-0.1, -0.05) is 13.0 Å². The predicted molar refractivity (Wildman–Crippen MR) is 56.6 cm³/mol. The average Bonchev–Trinajstić information content (AvgIpc) is 2.21. The maximum Gasteiger partial charge on any atom is 0.250 e. The molecule has 0 fully saturated rings. The second-order valence-corrected chi connectivity index (χ2v) is 3.27. The van der Waals surface area contributed by atoms with Crippen LogP contribution in [0.25, 0.3) is 0 Å². The third kappa shape index (κ3) is 3.00. The van der Waals surface area contributed by atoms with Gasteiger partial charge in [0.2, 0.25) is 0 Å². The molecule has 1 heterocycles. The second kappa shape index (κ2) is 5.60. The minimum absolute atomic E-state index is 0.0679. The number of ether oxygens (including phenoxy) is 1. The van der Waals surface area contributed by atoms with Crippen LogP contribution in [0, 0.1) is 0 Å². The van der Waals surface area contributed by atoms with Gasteiger partial charge >= 0.3 is 0 Å². The van der Waals surface area contributed by atoms with E-state index in [2.05, 4.69) is 6.92 Å². The second-order valence-electron chi connectivity index (χ2n) is 3.27. The molecule has 0 spiro atoms. The van der Waals surface area contributed by atoms with E-state index >= 15 is 0 Å². The first-order valence-corrected chi connectivity index (χ1v) is 4.96. The SMILES string of the molecule is CCc1ccc(=O)n(CCCOC)c1. The van der Waals surface area contributed by atoms with E-state index < -0.39 is 0 Å². The number of aromatic nitrogens is 1. The van der Waals surface area contributed by atoms with Gasteiger partial charge in [0.1, 0.15) is 0 Å². The van der Waals surface area contributed by atoms with Gasteiger partial charge in [-0.2, -0.15) is 0 Å². The van der Waals surface area contributed by atoms with Gasteiger partial charge in [0.15, 0.2) is 0 Å². The third-order valence-electron chi connectivity index (χ3n) is 2.20. The Bertz CT molecular complexity index is 330.